The monoisotopic (exact) mass is 353 g/mol. The number of pyridine rings is 1. The quantitative estimate of drug-likeness (QED) is 0.700. The molecule has 5 heteroatoms. The Bertz CT molecular complexity index is 786. The van der Waals surface area contributed by atoms with Gasteiger partial charge in [-0.15, -0.1) is 0 Å². The molecule has 3 rings (SSSR count). The molecule has 0 radical (unpaired) electrons. The average Bonchev–Trinajstić information content (AvgIpc) is 3.16. The first kappa shape index (κ1) is 17.2. The maximum absolute atomic E-state index is 12.4. The van der Waals surface area contributed by atoms with Crippen molar-refractivity contribution in [1.82, 2.24) is 14.9 Å². The predicted octanol–water partition coefficient (Wildman–Crippen LogP) is 3.87. The summed E-state index contributed by atoms with van der Waals surface area (Å²) in [5.74, 6) is 0.0181. The zero-order valence-corrected chi connectivity index (χ0v) is 14.6. The van der Waals surface area contributed by atoms with Gasteiger partial charge in [0, 0.05) is 42.3 Å². The fourth-order valence-corrected chi connectivity index (χ4v) is 2.89. The van der Waals surface area contributed by atoms with E-state index in [-0.39, 0.29) is 11.9 Å². The van der Waals surface area contributed by atoms with E-state index < -0.39 is 0 Å². The van der Waals surface area contributed by atoms with Crippen LogP contribution in [0.2, 0.25) is 5.02 Å². The molecule has 1 amide bonds. The summed E-state index contributed by atoms with van der Waals surface area (Å²) in [4.78, 5) is 16.7. The van der Waals surface area contributed by atoms with Crippen LogP contribution >= 0.6 is 11.6 Å². The molecule has 0 aliphatic carbocycles. The van der Waals surface area contributed by atoms with Gasteiger partial charge in [-0.1, -0.05) is 29.8 Å². The molecule has 0 fully saturated rings. The van der Waals surface area contributed by atoms with Crippen LogP contribution < -0.4 is 5.32 Å². The SMILES string of the molecule is O=C(C[C@H](c1ccc(Cl)cc1)n1cccc1)NCCc1ccccn1. The highest BCUT2D eigenvalue weighted by molar-refractivity contribution is 6.30. The van der Waals surface area contributed by atoms with Gasteiger partial charge in [-0.3, -0.25) is 9.78 Å². The van der Waals surface area contributed by atoms with E-state index in [2.05, 4.69) is 10.3 Å². The second-order valence-corrected chi connectivity index (χ2v) is 6.26. The summed E-state index contributed by atoms with van der Waals surface area (Å²) in [5.41, 5.74) is 2.03. The molecule has 25 heavy (non-hydrogen) atoms. The van der Waals surface area contributed by atoms with Crippen LogP contribution in [0.4, 0.5) is 0 Å². The Balaban J connectivity index is 1.62. The van der Waals surface area contributed by atoms with Crippen LogP contribution in [0.15, 0.2) is 73.2 Å². The fraction of sp³-hybridized carbons (Fsp3) is 0.200. The van der Waals surface area contributed by atoms with E-state index in [4.69, 9.17) is 11.6 Å². The van der Waals surface area contributed by atoms with Crippen molar-refractivity contribution in [2.24, 2.45) is 0 Å². The van der Waals surface area contributed by atoms with E-state index in [9.17, 15) is 4.79 Å². The molecule has 1 aromatic carbocycles. The van der Waals surface area contributed by atoms with Crippen LogP contribution in [0.1, 0.15) is 23.7 Å². The predicted molar refractivity (Wildman–Crippen MR) is 99.6 cm³/mol. The molecule has 0 saturated carbocycles. The first-order valence-electron chi connectivity index (χ1n) is 8.27. The van der Waals surface area contributed by atoms with Crippen LogP contribution in [0.3, 0.4) is 0 Å². The van der Waals surface area contributed by atoms with Gasteiger partial charge in [-0.25, -0.2) is 0 Å². The molecule has 128 valence electrons. The number of halogens is 1. The largest absolute Gasteiger partial charge is 0.356 e. The van der Waals surface area contributed by atoms with E-state index in [1.165, 1.54) is 0 Å². The minimum absolute atomic E-state index is 0.0181. The zero-order chi connectivity index (χ0) is 17.5. The molecule has 3 aromatic rings. The third kappa shape index (κ3) is 4.94. The fourth-order valence-electron chi connectivity index (χ4n) is 2.76. The molecule has 1 atom stereocenters. The maximum Gasteiger partial charge on any atom is 0.222 e. The topological polar surface area (TPSA) is 46.9 Å². The Kier molecular flexibility index (Phi) is 5.86. The summed E-state index contributed by atoms with van der Waals surface area (Å²) < 4.78 is 2.04. The van der Waals surface area contributed by atoms with Gasteiger partial charge in [-0.05, 0) is 42.0 Å². The van der Waals surface area contributed by atoms with Gasteiger partial charge >= 0.3 is 0 Å². The summed E-state index contributed by atoms with van der Waals surface area (Å²) in [6.45, 7) is 0.578. The molecule has 0 spiro atoms. The highest BCUT2D eigenvalue weighted by atomic mass is 35.5. The molecule has 0 saturated heterocycles. The van der Waals surface area contributed by atoms with E-state index in [0.29, 0.717) is 18.0 Å². The lowest BCUT2D eigenvalue weighted by atomic mass is 10.0. The van der Waals surface area contributed by atoms with Gasteiger partial charge in [0.15, 0.2) is 0 Å². The first-order chi connectivity index (χ1) is 12.2. The van der Waals surface area contributed by atoms with Gasteiger partial charge in [0.25, 0.3) is 0 Å². The average molecular weight is 354 g/mol. The minimum atomic E-state index is -0.0536. The van der Waals surface area contributed by atoms with E-state index >= 15 is 0 Å². The number of carbonyl (C=O) groups excluding carboxylic acids is 1. The molecule has 0 aliphatic heterocycles. The first-order valence-corrected chi connectivity index (χ1v) is 8.65. The Morgan fingerprint density at radius 2 is 1.84 bits per heavy atom. The minimum Gasteiger partial charge on any atom is -0.356 e. The second-order valence-electron chi connectivity index (χ2n) is 5.82. The number of benzene rings is 1. The number of rotatable bonds is 7. The van der Waals surface area contributed by atoms with Crippen LogP contribution in [0, 0.1) is 0 Å². The van der Waals surface area contributed by atoms with Gasteiger partial charge < -0.3 is 9.88 Å². The van der Waals surface area contributed by atoms with Crippen molar-refractivity contribution in [3.63, 3.8) is 0 Å². The molecule has 0 aliphatic rings. The van der Waals surface area contributed by atoms with Crippen LogP contribution in [0.25, 0.3) is 0 Å². The second kappa shape index (κ2) is 8.49. The molecule has 0 unspecified atom stereocenters. The smallest absolute Gasteiger partial charge is 0.222 e. The van der Waals surface area contributed by atoms with E-state index in [0.717, 1.165) is 17.7 Å². The molecule has 1 N–H and O–H groups in total. The molecular weight excluding hydrogens is 334 g/mol. The Morgan fingerprint density at radius 1 is 1.08 bits per heavy atom. The summed E-state index contributed by atoms with van der Waals surface area (Å²) >= 11 is 5.98. The summed E-state index contributed by atoms with van der Waals surface area (Å²) in [5, 5.41) is 3.68. The molecule has 2 heterocycles. The van der Waals surface area contributed by atoms with Crippen LogP contribution in [0.5, 0.6) is 0 Å². The van der Waals surface area contributed by atoms with Crippen LogP contribution in [-0.2, 0) is 11.2 Å². The van der Waals surface area contributed by atoms with Gasteiger partial charge in [0.1, 0.15) is 0 Å². The van der Waals surface area contributed by atoms with Gasteiger partial charge in [0.05, 0.1) is 12.5 Å². The number of amides is 1. The highest BCUT2D eigenvalue weighted by Crippen LogP contribution is 2.23. The van der Waals surface area contributed by atoms with Gasteiger partial charge in [-0.2, -0.15) is 0 Å². The van der Waals surface area contributed by atoms with Crippen molar-refractivity contribution in [2.45, 2.75) is 18.9 Å². The Hall–Kier alpha value is -2.59. The Morgan fingerprint density at radius 3 is 2.52 bits per heavy atom. The third-order valence-electron chi connectivity index (χ3n) is 4.05. The van der Waals surface area contributed by atoms with Gasteiger partial charge in [0.2, 0.25) is 5.91 Å². The van der Waals surface area contributed by atoms with Crippen molar-refractivity contribution in [3.8, 4) is 0 Å². The molecular formula is C20H20ClN3O. The number of nitrogens with zero attached hydrogens (tertiary/aromatic N) is 2. The lowest BCUT2D eigenvalue weighted by Gasteiger charge is -2.19. The zero-order valence-electron chi connectivity index (χ0n) is 13.8. The summed E-state index contributed by atoms with van der Waals surface area (Å²) in [6, 6.07) is 17.3. The summed E-state index contributed by atoms with van der Waals surface area (Å²) in [7, 11) is 0. The number of aromatic nitrogens is 2. The highest BCUT2D eigenvalue weighted by Gasteiger charge is 2.17. The molecule has 4 nitrogen and oxygen atoms in total. The van der Waals surface area contributed by atoms with E-state index in [1.807, 2.05) is 71.6 Å². The lowest BCUT2D eigenvalue weighted by Crippen LogP contribution is -2.28. The number of carbonyl (C=O) groups is 1. The van der Waals surface area contributed by atoms with Crippen molar-refractivity contribution >= 4 is 17.5 Å². The molecule has 2 aromatic heterocycles. The van der Waals surface area contributed by atoms with Crippen LogP contribution in [-0.4, -0.2) is 22.0 Å². The third-order valence-corrected chi connectivity index (χ3v) is 4.30. The standard InChI is InChI=1S/C20H20ClN3O/c21-17-8-6-16(7-9-17)19(24-13-3-4-14-24)15-20(25)23-12-10-18-5-1-2-11-22-18/h1-9,11,13-14,19H,10,12,15H2,(H,23,25)/t19-/m1/s1. The number of nitrogens with one attached hydrogen (secondary N) is 1. The van der Waals surface area contributed by atoms with Crippen molar-refractivity contribution in [1.29, 1.82) is 0 Å². The van der Waals surface area contributed by atoms with Crippen molar-refractivity contribution in [2.75, 3.05) is 6.54 Å². The maximum atomic E-state index is 12.4. The van der Waals surface area contributed by atoms with Crippen molar-refractivity contribution in [3.05, 3.63) is 89.5 Å². The number of hydrogen-bond donors (Lipinski definition) is 1. The summed E-state index contributed by atoms with van der Waals surface area (Å²) in [6.07, 6.45) is 6.81. The van der Waals surface area contributed by atoms with Crippen molar-refractivity contribution < 1.29 is 4.79 Å². The normalized spacial score (nSPS) is 11.9. The number of hydrogen-bond acceptors (Lipinski definition) is 2. The van der Waals surface area contributed by atoms with E-state index in [1.54, 1.807) is 6.20 Å². The Labute approximate surface area is 152 Å². The molecule has 0 bridgehead atoms. The lowest BCUT2D eigenvalue weighted by molar-refractivity contribution is -0.121.